The average molecular weight is 310 g/mol. The molecule has 1 fully saturated rings. The normalized spacial score (nSPS) is 25.7. The maximum atomic E-state index is 12.4. The minimum atomic E-state index is -0.632. The summed E-state index contributed by atoms with van der Waals surface area (Å²) in [6.07, 6.45) is 3.82. The number of carbonyl (C=O) groups is 1. The number of carbonyl (C=O) groups excluding carboxylic acids is 1. The molecule has 1 saturated carbocycles. The molecule has 2 unspecified atom stereocenters. The largest absolute Gasteiger partial charge is 0.467 e. The zero-order valence-electron chi connectivity index (χ0n) is 13.0. The molecular weight excluding hydrogens is 286 g/mol. The van der Waals surface area contributed by atoms with Gasteiger partial charge in [-0.1, -0.05) is 37.9 Å². The second-order valence-corrected chi connectivity index (χ2v) is 6.75. The molecule has 1 aromatic rings. The lowest BCUT2D eigenvalue weighted by Gasteiger charge is -2.41. The Kier molecular flexibility index (Phi) is 5.15. The van der Waals surface area contributed by atoms with Crippen LogP contribution in [0.1, 0.15) is 39.5 Å². The Balaban J connectivity index is 2.27. The number of rotatable bonds is 4. The van der Waals surface area contributed by atoms with Crippen molar-refractivity contribution in [1.82, 2.24) is 0 Å². The van der Waals surface area contributed by atoms with E-state index >= 15 is 0 Å². The molecule has 0 saturated heterocycles. The summed E-state index contributed by atoms with van der Waals surface area (Å²) < 4.78 is 5.09. The Morgan fingerprint density at radius 3 is 2.86 bits per heavy atom. The van der Waals surface area contributed by atoms with Crippen molar-refractivity contribution in [2.75, 3.05) is 12.4 Å². The lowest BCUT2D eigenvalue weighted by molar-refractivity contribution is -0.148. The topological polar surface area (TPSA) is 38.3 Å². The van der Waals surface area contributed by atoms with Crippen LogP contribution in [0.15, 0.2) is 24.3 Å². The van der Waals surface area contributed by atoms with Crippen LogP contribution >= 0.6 is 11.6 Å². The highest BCUT2D eigenvalue weighted by molar-refractivity contribution is 6.30. The van der Waals surface area contributed by atoms with Crippen molar-refractivity contribution in [3.8, 4) is 0 Å². The molecule has 0 spiro atoms. The van der Waals surface area contributed by atoms with Gasteiger partial charge in [0.05, 0.1) is 7.11 Å². The molecule has 1 aliphatic rings. The molecular formula is C17H24ClNO2. The van der Waals surface area contributed by atoms with Crippen molar-refractivity contribution in [2.24, 2.45) is 11.8 Å². The van der Waals surface area contributed by atoms with Gasteiger partial charge >= 0.3 is 5.97 Å². The summed E-state index contributed by atoms with van der Waals surface area (Å²) >= 11 is 6.04. The number of benzene rings is 1. The van der Waals surface area contributed by atoms with E-state index in [1.165, 1.54) is 13.5 Å². The number of methoxy groups -OCH3 is 1. The molecule has 0 aromatic heterocycles. The number of ether oxygens (including phenoxy) is 1. The molecule has 2 atom stereocenters. The van der Waals surface area contributed by atoms with Crippen molar-refractivity contribution in [1.29, 1.82) is 0 Å². The van der Waals surface area contributed by atoms with Crippen LogP contribution in [0.25, 0.3) is 0 Å². The quantitative estimate of drug-likeness (QED) is 0.832. The first kappa shape index (κ1) is 16.2. The molecule has 1 N–H and O–H groups in total. The average Bonchev–Trinajstić information content (AvgIpc) is 2.46. The molecule has 1 aliphatic carbocycles. The van der Waals surface area contributed by atoms with Crippen molar-refractivity contribution in [3.05, 3.63) is 29.3 Å². The summed E-state index contributed by atoms with van der Waals surface area (Å²) in [6.45, 7) is 4.44. The Morgan fingerprint density at radius 2 is 2.24 bits per heavy atom. The Morgan fingerprint density at radius 1 is 1.48 bits per heavy atom. The molecule has 0 heterocycles. The van der Waals surface area contributed by atoms with Crippen LogP contribution in [0.4, 0.5) is 5.69 Å². The molecule has 21 heavy (non-hydrogen) atoms. The summed E-state index contributed by atoms with van der Waals surface area (Å²) in [7, 11) is 1.46. The third kappa shape index (κ3) is 3.70. The van der Waals surface area contributed by atoms with Gasteiger partial charge < -0.3 is 10.1 Å². The summed E-state index contributed by atoms with van der Waals surface area (Å²) in [6, 6.07) is 7.51. The van der Waals surface area contributed by atoms with Gasteiger partial charge in [0.1, 0.15) is 5.54 Å². The monoisotopic (exact) mass is 309 g/mol. The van der Waals surface area contributed by atoms with E-state index in [2.05, 4.69) is 19.2 Å². The number of anilines is 1. The van der Waals surface area contributed by atoms with Crippen LogP contribution in [0, 0.1) is 11.8 Å². The SMILES string of the molecule is COC(=O)C1(Nc2cccc(Cl)c2)CCCC(C(C)C)C1. The minimum absolute atomic E-state index is 0.173. The molecule has 116 valence electrons. The predicted octanol–water partition coefficient (Wildman–Crippen LogP) is 4.51. The molecule has 4 heteroatoms. The summed E-state index contributed by atoms with van der Waals surface area (Å²) in [5.41, 5.74) is 0.240. The fraction of sp³-hybridized carbons (Fsp3) is 0.588. The molecule has 2 rings (SSSR count). The van der Waals surface area contributed by atoms with Gasteiger partial charge in [0.15, 0.2) is 0 Å². The van der Waals surface area contributed by atoms with Crippen molar-refractivity contribution < 1.29 is 9.53 Å². The van der Waals surface area contributed by atoms with E-state index in [4.69, 9.17) is 16.3 Å². The molecule has 3 nitrogen and oxygen atoms in total. The van der Waals surface area contributed by atoms with E-state index in [0.717, 1.165) is 24.9 Å². The van der Waals surface area contributed by atoms with Crippen LogP contribution < -0.4 is 5.32 Å². The van der Waals surface area contributed by atoms with Crippen LogP contribution in [-0.4, -0.2) is 18.6 Å². The number of esters is 1. The Hall–Kier alpha value is -1.22. The van der Waals surface area contributed by atoms with Gasteiger partial charge in [-0.05, 0) is 49.3 Å². The lowest BCUT2D eigenvalue weighted by atomic mass is 9.71. The molecule has 0 aliphatic heterocycles. The first-order chi connectivity index (χ1) is 9.97. The van der Waals surface area contributed by atoms with E-state index in [1.807, 2.05) is 24.3 Å². The first-order valence-corrected chi connectivity index (χ1v) is 7.97. The van der Waals surface area contributed by atoms with E-state index < -0.39 is 5.54 Å². The first-order valence-electron chi connectivity index (χ1n) is 7.59. The summed E-state index contributed by atoms with van der Waals surface area (Å²) in [5.74, 6) is 0.924. The van der Waals surface area contributed by atoms with Crippen LogP contribution in [0.3, 0.4) is 0 Å². The maximum Gasteiger partial charge on any atom is 0.331 e. The third-order valence-electron chi connectivity index (χ3n) is 4.52. The molecule has 1 aromatic carbocycles. The van der Waals surface area contributed by atoms with E-state index in [1.54, 1.807) is 0 Å². The highest BCUT2D eigenvalue weighted by Gasteiger charge is 2.44. The second kappa shape index (κ2) is 6.69. The standard InChI is InChI=1S/C17H24ClNO2/c1-12(2)13-6-5-9-17(11-13,16(20)21-3)19-15-8-4-7-14(18)10-15/h4,7-8,10,12-13,19H,5-6,9,11H2,1-3H3. The fourth-order valence-electron chi connectivity index (χ4n) is 3.27. The molecule has 0 amide bonds. The molecule has 0 bridgehead atoms. The second-order valence-electron chi connectivity index (χ2n) is 6.31. The van der Waals surface area contributed by atoms with Crippen LogP contribution in [-0.2, 0) is 9.53 Å². The Labute approximate surface area is 132 Å². The van der Waals surface area contributed by atoms with Crippen LogP contribution in [0.2, 0.25) is 5.02 Å². The van der Waals surface area contributed by atoms with Gasteiger partial charge in [-0.2, -0.15) is 0 Å². The summed E-state index contributed by atoms with van der Waals surface area (Å²) in [5, 5.41) is 4.07. The van der Waals surface area contributed by atoms with Crippen molar-refractivity contribution in [3.63, 3.8) is 0 Å². The summed E-state index contributed by atoms with van der Waals surface area (Å²) in [4.78, 5) is 12.4. The fourth-order valence-corrected chi connectivity index (χ4v) is 3.46. The number of halogens is 1. The minimum Gasteiger partial charge on any atom is -0.467 e. The highest BCUT2D eigenvalue weighted by atomic mass is 35.5. The van der Waals surface area contributed by atoms with Crippen molar-refractivity contribution in [2.45, 2.75) is 45.1 Å². The third-order valence-corrected chi connectivity index (χ3v) is 4.75. The predicted molar refractivity (Wildman–Crippen MR) is 86.6 cm³/mol. The van der Waals surface area contributed by atoms with Gasteiger partial charge in [0, 0.05) is 10.7 Å². The van der Waals surface area contributed by atoms with Crippen molar-refractivity contribution >= 4 is 23.3 Å². The van der Waals surface area contributed by atoms with E-state index in [0.29, 0.717) is 16.9 Å². The zero-order valence-corrected chi connectivity index (χ0v) is 13.7. The Bertz CT molecular complexity index is 503. The maximum absolute atomic E-state index is 12.4. The number of hydrogen-bond acceptors (Lipinski definition) is 3. The van der Waals surface area contributed by atoms with E-state index in [9.17, 15) is 4.79 Å². The molecule has 0 radical (unpaired) electrons. The van der Waals surface area contributed by atoms with Gasteiger partial charge in [0.25, 0.3) is 0 Å². The highest BCUT2D eigenvalue weighted by Crippen LogP contribution is 2.39. The van der Waals surface area contributed by atoms with Crippen LogP contribution in [0.5, 0.6) is 0 Å². The van der Waals surface area contributed by atoms with Gasteiger partial charge in [0.2, 0.25) is 0 Å². The van der Waals surface area contributed by atoms with Gasteiger partial charge in [-0.25, -0.2) is 4.79 Å². The van der Waals surface area contributed by atoms with Gasteiger partial charge in [-0.15, -0.1) is 0 Å². The van der Waals surface area contributed by atoms with E-state index in [-0.39, 0.29) is 5.97 Å². The smallest absolute Gasteiger partial charge is 0.331 e. The lowest BCUT2D eigenvalue weighted by Crippen LogP contribution is -2.51. The number of hydrogen-bond donors (Lipinski definition) is 1. The number of nitrogens with one attached hydrogen (secondary N) is 1. The zero-order chi connectivity index (χ0) is 15.5. The van der Waals surface area contributed by atoms with Gasteiger partial charge in [-0.3, -0.25) is 0 Å².